The second kappa shape index (κ2) is 10.6. The second-order valence-corrected chi connectivity index (χ2v) is 7.59. The van der Waals surface area contributed by atoms with Crippen LogP contribution in [0.2, 0.25) is 0 Å². The van der Waals surface area contributed by atoms with Gasteiger partial charge < -0.3 is 9.57 Å². The standard InChI is InChI=1S/C27H28N2O2/c1-22-9-5-6-12-27(22)30-19-20-31-28-26(21-29-17-7-8-18-29)25-15-13-24(14-16-25)23-10-3-2-4-11-23/h2-16H,17-21H2,1H3/b28-26+. The normalized spacial score (nSPS) is 14.0. The van der Waals surface area contributed by atoms with Crippen LogP contribution in [0.4, 0.5) is 0 Å². The van der Waals surface area contributed by atoms with Gasteiger partial charge in [-0.3, -0.25) is 4.90 Å². The number of aryl methyl sites for hydroxylation is 1. The molecule has 1 heterocycles. The Morgan fingerprint density at radius 2 is 1.48 bits per heavy atom. The molecule has 1 aliphatic heterocycles. The van der Waals surface area contributed by atoms with Crippen molar-refractivity contribution in [1.82, 2.24) is 4.90 Å². The highest BCUT2D eigenvalue weighted by molar-refractivity contribution is 6.02. The minimum Gasteiger partial charge on any atom is -0.490 e. The maximum Gasteiger partial charge on any atom is 0.151 e. The molecule has 0 atom stereocenters. The fourth-order valence-electron chi connectivity index (χ4n) is 3.55. The number of hydrogen-bond acceptors (Lipinski definition) is 4. The van der Waals surface area contributed by atoms with Crippen molar-refractivity contribution in [3.05, 3.63) is 102 Å². The molecule has 158 valence electrons. The lowest BCUT2D eigenvalue weighted by molar-refractivity contribution is 0.106. The summed E-state index contributed by atoms with van der Waals surface area (Å²) in [7, 11) is 0. The molecule has 0 radical (unpaired) electrons. The molecule has 0 fully saturated rings. The van der Waals surface area contributed by atoms with Crippen LogP contribution in [0.5, 0.6) is 5.75 Å². The highest BCUT2D eigenvalue weighted by atomic mass is 16.6. The summed E-state index contributed by atoms with van der Waals surface area (Å²) in [6.07, 6.45) is 4.38. The van der Waals surface area contributed by atoms with Crippen LogP contribution in [0.1, 0.15) is 11.1 Å². The zero-order valence-electron chi connectivity index (χ0n) is 17.9. The maximum atomic E-state index is 5.81. The lowest BCUT2D eigenvalue weighted by Gasteiger charge is -2.17. The zero-order valence-corrected chi connectivity index (χ0v) is 17.9. The van der Waals surface area contributed by atoms with Crippen LogP contribution in [0.15, 0.2) is 96.2 Å². The molecular formula is C27H28N2O2. The van der Waals surface area contributed by atoms with Crippen LogP contribution >= 0.6 is 0 Å². The Labute approximate surface area is 184 Å². The number of para-hydroxylation sites is 1. The Morgan fingerprint density at radius 1 is 0.806 bits per heavy atom. The Morgan fingerprint density at radius 3 is 2.23 bits per heavy atom. The van der Waals surface area contributed by atoms with Gasteiger partial charge in [0.2, 0.25) is 0 Å². The average molecular weight is 413 g/mol. The molecule has 0 unspecified atom stereocenters. The first-order valence-electron chi connectivity index (χ1n) is 10.7. The van der Waals surface area contributed by atoms with E-state index in [1.54, 1.807) is 0 Å². The lowest BCUT2D eigenvalue weighted by atomic mass is 10.0. The highest BCUT2D eigenvalue weighted by Crippen LogP contribution is 2.20. The highest BCUT2D eigenvalue weighted by Gasteiger charge is 2.13. The molecular weight excluding hydrogens is 384 g/mol. The molecule has 0 aromatic heterocycles. The Kier molecular flexibility index (Phi) is 7.14. The van der Waals surface area contributed by atoms with Crippen molar-refractivity contribution >= 4 is 5.71 Å². The van der Waals surface area contributed by atoms with Crippen LogP contribution in [0, 0.1) is 6.92 Å². The van der Waals surface area contributed by atoms with E-state index in [0.29, 0.717) is 13.2 Å². The van der Waals surface area contributed by atoms with Crippen molar-refractivity contribution in [3.63, 3.8) is 0 Å². The molecule has 0 saturated heterocycles. The number of ether oxygens (including phenoxy) is 1. The third-order valence-electron chi connectivity index (χ3n) is 5.29. The molecule has 0 bridgehead atoms. The van der Waals surface area contributed by atoms with E-state index in [4.69, 9.17) is 9.57 Å². The van der Waals surface area contributed by atoms with Crippen molar-refractivity contribution in [3.8, 4) is 16.9 Å². The van der Waals surface area contributed by atoms with E-state index in [0.717, 1.165) is 42.2 Å². The average Bonchev–Trinajstić information content (AvgIpc) is 3.33. The predicted molar refractivity (Wildman–Crippen MR) is 127 cm³/mol. The van der Waals surface area contributed by atoms with Gasteiger partial charge in [-0.05, 0) is 29.7 Å². The molecule has 4 rings (SSSR count). The van der Waals surface area contributed by atoms with Crippen molar-refractivity contribution < 1.29 is 9.57 Å². The topological polar surface area (TPSA) is 34.1 Å². The quantitative estimate of drug-likeness (QED) is 0.206. The van der Waals surface area contributed by atoms with E-state index in [2.05, 4.69) is 70.7 Å². The van der Waals surface area contributed by atoms with Crippen molar-refractivity contribution in [1.29, 1.82) is 0 Å². The molecule has 4 nitrogen and oxygen atoms in total. The molecule has 0 amide bonds. The summed E-state index contributed by atoms with van der Waals surface area (Å²) >= 11 is 0. The molecule has 0 saturated carbocycles. The van der Waals surface area contributed by atoms with Crippen LogP contribution < -0.4 is 4.74 Å². The summed E-state index contributed by atoms with van der Waals surface area (Å²) in [5.41, 5.74) is 5.53. The van der Waals surface area contributed by atoms with Crippen LogP contribution in [-0.2, 0) is 4.84 Å². The summed E-state index contributed by atoms with van der Waals surface area (Å²) in [6, 6.07) is 26.9. The van der Waals surface area contributed by atoms with E-state index in [-0.39, 0.29) is 0 Å². The van der Waals surface area contributed by atoms with E-state index in [9.17, 15) is 0 Å². The molecule has 0 aliphatic carbocycles. The third-order valence-corrected chi connectivity index (χ3v) is 5.29. The van der Waals surface area contributed by atoms with E-state index < -0.39 is 0 Å². The van der Waals surface area contributed by atoms with Gasteiger partial charge in [0.05, 0.1) is 0 Å². The van der Waals surface area contributed by atoms with E-state index in [1.165, 1.54) is 11.1 Å². The van der Waals surface area contributed by atoms with Crippen molar-refractivity contribution in [2.75, 3.05) is 32.8 Å². The zero-order chi connectivity index (χ0) is 21.3. The molecule has 31 heavy (non-hydrogen) atoms. The fraction of sp³-hybridized carbons (Fsp3) is 0.222. The number of oxime groups is 1. The molecule has 3 aromatic rings. The molecule has 0 N–H and O–H groups in total. The largest absolute Gasteiger partial charge is 0.490 e. The number of benzene rings is 3. The van der Waals surface area contributed by atoms with Gasteiger partial charge in [-0.1, -0.05) is 90.1 Å². The van der Waals surface area contributed by atoms with Gasteiger partial charge in [-0.2, -0.15) is 0 Å². The maximum absolute atomic E-state index is 5.81. The second-order valence-electron chi connectivity index (χ2n) is 7.59. The minimum atomic E-state index is 0.401. The smallest absolute Gasteiger partial charge is 0.151 e. The Balaban J connectivity index is 1.40. The van der Waals surface area contributed by atoms with Gasteiger partial charge in [0.1, 0.15) is 18.1 Å². The van der Waals surface area contributed by atoms with Crippen molar-refractivity contribution in [2.45, 2.75) is 6.92 Å². The SMILES string of the molecule is Cc1ccccc1OCCO/N=C(\CN1CC=CC1)c1ccc(-c2ccccc2)cc1. The Bertz CT molecular complexity index is 1020. The van der Waals surface area contributed by atoms with Crippen LogP contribution in [-0.4, -0.2) is 43.5 Å². The first-order valence-corrected chi connectivity index (χ1v) is 10.7. The van der Waals surface area contributed by atoms with E-state index in [1.807, 2.05) is 37.3 Å². The Hall–Kier alpha value is -3.37. The predicted octanol–water partition coefficient (Wildman–Crippen LogP) is 5.33. The van der Waals surface area contributed by atoms with Crippen molar-refractivity contribution in [2.24, 2.45) is 5.16 Å². The monoisotopic (exact) mass is 412 g/mol. The first-order chi connectivity index (χ1) is 15.3. The fourth-order valence-corrected chi connectivity index (χ4v) is 3.55. The summed E-state index contributed by atoms with van der Waals surface area (Å²) in [6.45, 7) is 5.53. The lowest BCUT2D eigenvalue weighted by Crippen LogP contribution is -2.28. The third kappa shape index (κ3) is 5.83. The van der Waals surface area contributed by atoms with Gasteiger partial charge in [0.25, 0.3) is 0 Å². The van der Waals surface area contributed by atoms with Gasteiger partial charge in [-0.15, -0.1) is 0 Å². The number of rotatable bonds is 9. The number of hydrogen-bond donors (Lipinski definition) is 0. The minimum absolute atomic E-state index is 0.401. The molecule has 0 spiro atoms. The van der Waals surface area contributed by atoms with Crippen LogP contribution in [0.25, 0.3) is 11.1 Å². The van der Waals surface area contributed by atoms with Crippen LogP contribution in [0.3, 0.4) is 0 Å². The summed E-state index contributed by atoms with van der Waals surface area (Å²) in [5, 5.41) is 4.48. The summed E-state index contributed by atoms with van der Waals surface area (Å²) < 4.78 is 5.81. The summed E-state index contributed by atoms with van der Waals surface area (Å²) in [4.78, 5) is 7.98. The van der Waals surface area contributed by atoms with E-state index >= 15 is 0 Å². The molecule has 1 aliphatic rings. The van der Waals surface area contributed by atoms with Gasteiger partial charge in [0.15, 0.2) is 6.61 Å². The molecule has 3 aromatic carbocycles. The molecule has 4 heteroatoms. The van der Waals surface area contributed by atoms with Gasteiger partial charge in [0, 0.05) is 25.2 Å². The summed E-state index contributed by atoms with van der Waals surface area (Å²) in [5.74, 6) is 0.884. The first kappa shape index (κ1) is 20.9. The van der Waals surface area contributed by atoms with Gasteiger partial charge in [-0.25, -0.2) is 0 Å². The number of nitrogens with zero attached hydrogens (tertiary/aromatic N) is 2. The van der Waals surface area contributed by atoms with Gasteiger partial charge >= 0.3 is 0 Å².